The van der Waals surface area contributed by atoms with Gasteiger partial charge in [-0.05, 0) is 52.7 Å². The fourth-order valence-electron chi connectivity index (χ4n) is 2.43. The highest BCUT2D eigenvalue weighted by molar-refractivity contribution is 9.10. The maximum absolute atomic E-state index is 12.3. The lowest BCUT2D eigenvalue weighted by molar-refractivity contribution is -0.115. The van der Waals surface area contributed by atoms with Crippen LogP contribution in [0.1, 0.15) is 12.5 Å². The highest BCUT2D eigenvalue weighted by Gasteiger charge is 2.09. The molecule has 0 aliphatic rings. The Morgan fingerprint density at radius 3 is 2.67 bits per heavy atom. The highest BCUT2D eigenvalue weighted by Crippen LogP contribution is 2.25. The molecule has 1 aromatic heterocycles. The summed E-state index contributed by atoms with van der Waals surface area (Å²) in [4.78, 5) is 16.7. The molecule has 1 amide bonds. The van der Waals surface area contributed by atoms with Crippen molar-refractivity contribution < 1.29 is 9.53 Å². The predicted molar refractivity (Wildman–Crippen MR) is 99.4 cm³/mol. The number of anilines is 1. The van der Waals surface area contributed by atoms with Crippen molar-refractivity contribution in [3.05, 3.63) is 64.8 Å². The van der Waals surface area contributed by atoms with Gasteiger partial charge in [0.1, 0.15) is 10.4 Å². The van der Waals surface area contributed by atoms with Gasteiger partial charge in [0, 0.05) is 5.39 Å². The topological polar surface area (TPSA) is 51.2 Å². The first-order valence-corrected chi connectivity index (χ1v) is 8.52. The summed E-state index contributed by atoms with van der Waals surface area (Å²) in [5, 5.41) is 3.89. The number of fused-ring (bicyclic) bond motifs is 1. The number of pyridine rings is 1. The number of benzene rings is 2. The van der Waals surface area contributed by atoms with Gasteiger partial charge >= 0.3 is 0 Å². The average Bonchev–Trinajstić information content (AvgIpc) is 2.57. The Morgan fingerprint density at radius 2 is 1.92 bits per heavy atom. The molecule has 5 heteroatoms. The lowest BCUT2D eigenvalue weighted by Gasteiger charge is -2.09. The van der Waals surface area contributed by atoms with Crippen molar-refractivity contribution in [2.24, 2.45) is 0 Å². The number of ether oxygens (including phenoxy) is 1. The number of hydrogen-bond acceptors (Lipinski definition) is 3. The third kappa shape index (κ3) is 3.92. The third-order valence-corrected chi connectivity index (χ3v) is 4.16. The van der Waals surface area contributed by atoms with Gasteiger partial charge in [-0.1, -0.05) is 30.3 Å². The Kier molecular flexibility index (Phi) is 5.11. The van der Waals surface area contributed by atoms with Gasteiger partial charge in [0.15, 0.2) is 0 Å². The van der Waals surface area contributed by atoms with Crippen LogP contribution < -0.4 is 10.1 Å². The minimum Gasteiger partial charge on any atom is -0.494 e. The Bertz CT molecular complexity index is 863. The van der Waals surface area contributed by atoms with E-state index in [1.165, 1.54) is 0 Å². The van der Waals surface area contributed by atoms with Gasteiger partial charge in [0.25, 0.3) is 0 Å². The van der Waals surface area contributed by atoms with Crippen molar-refractivity contribution in [2.75, 3.05) is 11.9 Å². The lowest BCUT2D eigenvalue weighted by atomic mass is 10.1. The molecule has 3 rings (SSSR count). The molecule has 0 unspecified atom stereocenters. The molecule has 1 heterocycles. The summed E-state index contributed by atoms with van der Waals surface area (Å²) >= 11 is 3.42. The van der Waals surface area contributed by atoms with Crippen molar-refractivity contribution >= 4 is 38.4 Å². The van der Waals surface area contributed by atoms with Gasteiger partial charge in [0.2, 0.25) is 5.91 Å². The molecule has 0 atom stereocenters. The van der Waals surface area contributed by atoms with Crippen LogP contribution in [0.4, 0.5) is 5.69 Å². The molecule has 2 aromatic carbocycles. The fraction of sp³-hybridized carbons (Fsp3) is 0.158. The SMILES string of the molecule is CCOc1ccc(CC(=O)Nc2cc3ccccc3nc2Br)cc1. The van der Waals surface area contributed by atoms with E-state index in [0.29, 0.717) is 23.3 Å². The van der Waals surface area contributed by atoms with Gasteiger partial charge in [-0.15, -0.1) is 0 Å². The summed E-state index contributed by atoms with van der Waals surface area (Å²) in [6.45, 7) is 2.57. The molecule has 0 saturated carbocycles. The number of carbonyl (C=O) groups is 1. The van der Waals surface area contributed by atoms with Crippen LogP contribution in [0.5, 0.6) is 5.75 Å². The molecule has 0 aliphatic carbocycles. The smallest absolute Gasteiger partial charge is 0.228 e. The first-order chi connectivity index (χ1) is 11.7. The van der Waals surface area contributed by atoms with Crippen molar-refractivity contribution in [2.45, 2.75) is 13.3 Å². The maximum Gasteiger partial charge on any atom is 0.228 e. The van der Waals surface area contributed by atoms with Crippen LogP contribution in [0.2, 0.25) is 0 Å². The van der Waals surface area contributed by atoms with E-state index < -0.39 is 0 Å². The Balaban J connectivity index is 1.71. The standard InChI is InChI=1S/C19H17BrN2O2/c1-2-24-15-9-7-13(8-10-15)11-18(23)21-17-12-14-5-3-4-6-16(14)22-19(17)20/h3-10,12H,2,11H2,1H3,(H,21,23). The Labute approximate surface area is 149 Å². The van der Waals surface area contributed by atoms with Crippen LogP contribution >= 0.6 is 15.9 Å². The summed E-state index contributed by atoms with van der Waals surface area (Å²) in [7, 11) is 0. The molecule has 0 bridgehead atoms. The normalized spacial score (nSPS) is 10.6. The lowest BCUT2D eigenvalue weighted by Crippen LogP contribution is -2.15. The Hall–Kier alpha value is -2.40. The molecule has 1 N–H and O–H groups in total. The van der Waals surface area contributed by atoms with Crippen LogP contribution in [0, 0.1) is 0 Å². The summed E-state index contributed by atoms with van der Waals surface area (Å²) in [5.74, 6) is 0.722. The molecule has 24 heavy (non-hydrogen) atoms. The maximum atomic E-state index is 12.3. The van der Waals surface area contributed by atoms with Gasteiger partial charge in [-0.3, -0.25) is 4.79 Å². The number of para-hydroxylation sites is 1. The Morgan fingerprint density at radius 1 is 1.17 bits per heavy atom. The van der Waals surface area contributed by atoms with E-state index in [1.807, 2.05) is 61.5 Å². The van der Waals surface area contributed by atoms with E-state index in [0.717, 1.165) is 22.2 Å². The van der Waals surface area contributed by atoms with Crippen LogP contribution in [-0.2, 0) is 11.2 Å². The summed E-state index contributed by atoms with van der Waals surface area (Å²) in [5.41, 5.74) is 2.49. The van der Waals surface area contributed by atoms with E-state index in [2.05, 4.69) is 26.2 Å². The van der Waals surface area contributed by atoms with Crippen LogP contribution in [0.25, 0.3) is 10.9 Å². The minimum absolute atomic E-state index is 0.0862. The molecular weight excluding hydrogens is 368 g/mol. The number of aromatic nitrogens is 1. The third-order valence-electron chi connectivity index (χ3n) is 3.55. The zero-order chi connectivity index (χ0) is 16.9. The second-order valence-corrected chi connectivity index (χ2v) is 6.07. The number of nitrogens with zero attached hydrogens (tertiary/aromatic N) is 1. The number of halogens is 1. The van der Waals surface area contributed by atoms with E-state index in [9.17, 15) is 4.79 Å². The largest absolute Gasteiger partial charge is 0.494 e. The number of amides is 1. The number of rotatable bonds is 5. The number of hydrogen-bond donors (Lipinski definition) is 1. The molecule has 3 aromatic rings. The van der Waals surface area contributed by atoms with Crippen molar-refractivity contribution in [3.63, 3.8) is 0 Å². The first-order valence-electron chi connectivity index (χ1n) is 7.72. The summed E-state index contributed by atoms with van der Waals surface area (Å²) in [6, 6.07) is 17.3. The number of nitrogens with one attached hydrogen (secondary N) is 1. The average molecular weight is 385 g/mol. The monoisotopic (exact) mass is 384 g/mol. The zero-order valence-corrected chi connectivity index (χ0v) is 14.8. The van der Waals surface area contributed by atoms with Crippen molar-refractivity contribution in [1.82, 2.24) is 4.98 Å². The molecule has 0 saturated heterocycles. The van der Waals surface area contributed by atoms with Gasteiger partial charge < -0.3 is 10.1 Å². The zero-order valence-electron chi connectivity index (χ0n) is 13.3. The molecule has 4 nitrogen and oxygen atoms in total. The van der Waals surface area contributed by atoms with Crippen molar-refractivity contribution in [1.29, 1.82) is 0 Å². The minimum atomic E-state index is -0.0862. The predicted octanol–water partition coefficient (Wildman–Crippen LogP) is 4.58. The molecule has 0 spiro atoms. The van der Waals surface area contributed by atoms with Gasteiger partial charge in [0.05, 0.1) is 24.2 Å². The fourth-order valence-corrected chi connectivity index (χ4v) is 2.83. The highest BCUT2D eigenvalue weighted by atomic mass is 79.9. The van der Waals surface area contributed by atoms with Crippen LogP contribution in [-0.4, -0.2) is 17.5 Å². The molecule has 122 valence electrons. The molecule has 0 fully saturated rings. The van der Waals surface area contributed by atoms with E-state index in [4.69, 9.17) is 4.74 Å². The van der Waals surface area contributed by atoms with E-state index >= 15 is 0 Å². The van der Waals surface area contributed by atoms with Crippen LogP contribution in [0.15, 0.2) is 59.2 Å². The molecular formula is C19H17BrN2O2. The number of carbonyl (C=O) groups excluding carboxylic acids is 1. The first kappa shape index (κ1) is 16.5. The second kappa shape index (κ2) is 7.45. The summed E-state index contributed by atoms with van der Waals surface area (Å²) < 4.78 is 6.03. The van der Waals surface area contributed by atoms with Gasteiger partial charge in [-0.2, -0.15) is 0 Å². The van der Waals surface area contributed by atoms with Crippen LogP contribution in [0.3, 0.4) is 0 Å². The molecule has 0 aliphatic heterocycles. The van der Waals surface area contributed by atoms with E-state index in [1.54, 1.807) is 0 Å². The summed E-state index contributed by atoms with van der Waals surface area (Å²) in [6.07, 6.45) is 0.297. The molecule has 0 radical (unpaired) electrons. The second-order valence-electron chi connectivity index (χ2n) is 5.32. The van der Waals surface area contributed by atoms with Gasteiger partial charge in [-0.25, -0.2) is 4.98 Å². The quantitative estimate of drug-likeness (QED) is 0.655. The van der Waals surface area contributed by atoms with E-state index in [-0.39, 0.29) is 5.91 Å². The van der Waals surface area contributed by atoms with Crippen molar-refractivity contribution in [3.8, 4) is 5.75 Å².